The molecule has 0 amide bonds. The highest BCUT2D eigenvalue weighted by molar-refractivity contribution is 8.14. The van der Waals surface area contributed by atoms with Crippen LogP contribution in [0.15, 0.2) is 9.98 Å². The summed E-state index contributed by atoms with van der Waals surface area (Å²) in [5, 5.41) is 0.907. The molecule has 0 aromatic heterocycles. The van der Waals surface area contributed by atoms with Crippen LogP contribution < -0.4 is 5.73 Å². The molecule has 0 aromatic carbocycles. The zero-order valence-electron chi connectivity index (χ0n) is 7.70. The van der Waals surface area contributed by atoms with Gasteiger partial charge in [-0.25, -0.2) is 4.99 Å². The quantitative estimate of drug-likeness (QED) is 0.696. The van der Waals surface area contributed by atoms with Crippen molar-refractivity contribution in [2.75, 3.05) is 5.75 Å². The van der Waals surface area contributed by atoms with Crippen LogP contribution in [0, 0.1) is 0 Å². The first kappa shape index (κ1) is 9.06. The van der Waals surface area contributed by atoms with Crippen molar-refractivity contribution < 1.29 is 0 Å². The Morgan fingerprint density at radius 2 is 2.08 bits per heavy atom. The van der Waals surface area contributed by atoms with E-state index in [1.165, 1.54) is 32.1 Å². The lowest BCUT2D eigenvalue weighted by Crippen LogP contribution is -2.11. The van der Waals surface area contributed by atoms with Crippen molar-refractivity contribution in [2.24, 2.45) is 15.7 Å². The number of nitrogens with two attached hydrogens (primary N) is 1. The third-order valence-electron chi connectivity index (χ3n) is 2.46. The van der Waals surface area contributed by atoms with Crippen molar-refractivity contribution in [3.8, 4) is 0 Å². The van der Waals surface area contributed by atoms with Crippen molar-refractivity contribution in [3.05, 3.63) is 0 Å². The third-order valence-corrected chi connectivity index (χ3v) is 3.35. The molecule has 72 valence electrons. The van der Waals surface area contributed by atoms with Crippen LogP contribution in [-0.2, 0) is 0 Å². The standard InChI is InChI=1S/C9H15N3S/c10-8-6-13-9(12-8)11-7-4-2-1-3-5-7/h7H,1-6H2,(H2,10,11,12). The fourth-order valence-electron chi connectivity index (χ4n) is 1.76. The highest BCUT2D eigenvalue weighted by Gasteiger charge is 2.15. The number of hydrogen-bond donors (Lipinski definition) is 1. The maximum Gasteiger partial charge on any atom is 0.185 e. The van der Waals surface area contributed by atoms with Gasteiger partial charge in [0.05, 0.1) is 11.8 Å². The van der Waals surface area contributed by atoms with Crippen molar-refractivity contribution in [3.63, 3.8) is 0 Å². The van der Waals surface area contributed by atoms with E-state index in [4.69, 9.17) is 5.73 Å². The molecule has 2 N–H and O–H groups in total. The second-order valence-corrected chi connectivity index (χ2v) is 4.54. The van der Waals surface area contributed by atoms with Gasteiger partial charge in [0.25, 0.3) is 0 Å². The van der Waals surface area contributed by atoms with Crippen LogP contribution >= 0.6 is 11.8 Å². The van der Waals surface area contributed by atoms with Gasteiger partial charge in [-0.2, -0.15) is 0 Å². The Morgan fingerprint density at radius 1 is 1.31 bits per heavy atom. The molecule has 1 saturated carbocycles. The van der Waals surface area contributed by atoms with Gasteiger partial charge in [-0.15, -0.1) is 0 Å². The molecule has 13 heavy (non-hydrogen) atoms. The molecule has 0 bridgehead atoms. The largest absolute Gasteiger partial charge is 0.386 e. The van der Waals surface area contributed by atoms with Crippen molar-refractivity contribution in [1.29, 1.82) is 0 Å². The molecule has 0 radical (unpaired) electrons. The lowest BCUT2D eigenvalue weighted by atomic mass is 9.96. The van der Waals surface area contributed by atoms with Gasteiger partial charge in [0.2, 0.25) is 0 Å². The fourth-order valence-corrected chi connectivity index (χ4v) is 2.51. The Labute approximate surface area is 82.9 Å². The summed E-state index contributed by atoms with van der Waals surface area (Å²) in [5.41, 5.74) is 5.58. The number of aliphatic imine (C=N–C) groups is 2. The molecule has 0 saturated heterocycles. The summed E-state index contributed by atoms with van der Waals surface area (Å²) in [6.07, 6.45) is 6.50. The van der Waals surface area contributed by atoms with Gasteiger partial charge in [0.1, 0.15) is 5.84 Å². The van der Waals surface area contributed by atoms with E-state index in [2.05, 4.69) is 9.98 Å². The van der Waals surface area contributed by atoms with Crippen LogP contribution in [0.2, 0.25) is 0 Å². The Hall–Kier alpha value is -0.510. The summed E-state index contributed by atoms with van der Waals surface area (Å²) in [4.78, 5) is 8.79. The molecule has 0 spiro atoms. The van der Waals surface area contributed by atoms with Crippen LogP contribution in [-0.4, -0.2) is 22.8 Å². The molecule has 2 rings (SSSR count). The van der Waals surface area contributed by atoms with Gasteiger partial charge in [0, 0.05) is 0 Å². The van der Waals surface area contributed by atoms with E-state index in [0.717, 1.165) is 16.8 Å². The summed E-state index contributed by atoms with van der Waals surface area (Å²) in [6.45, 7) is 0. The third kappa shape index (κ3) is 2.46. The highest BCUT2D eigenvalue weighted by Crippen LogP contribution is 2.23. The summed E-state index contributed by atoms with van der Waals surface area (Å²) in [6, 6.07) is 0.519. The number of hydrogen-bond acceptors (Lipinski definition) is 3. The molecule has 0 unspecified atom stereocenters. The molecule has 1 heterocycles. The lowest BCUT2D eigenvalue weighted by Gasteiger charge is -2.17. The van der Waals surface area contributed by atoms with Crippen LogP contribution in [0.4, 0.5) is 0 Å². The summed E-state index contributed by atoms with van der Waals surface area (Å²) >= 11 is 1.67. The van der Waals surface area contributed by atoms with Crippen LogP contribution in [0.1, 0.15) is 32.1 Å². The summed E-state index contributed by atoms with van der Waals surface area (Å²) < 4.78 is 0. The number of nitrogens with zero attached hydrogens (tertiary/aromatic N) is 2. The monoisotopic (exact) mass is 197 g/mol. The molecular formula is C9H15N3S. The Balaban J connectivity index is 1.94. The average Bonchev–Trinajstić information content (AvgIpc) is 2.53. The maximum atomic E-state index is 5.58. The van der Waals surface area contributed by atoms with Gasteiger partial charge in [0.15, 0.2) is 5.17 Å². The zero-order valence-corrected chi connectivity index (χ0v) is 8.52. The predicted molar refractivity (Wildman–Crippen MR) is 58.4 cm³/mol. The maximum absolute atomic E-state index is 5.58. The molecule has 1 fully saturated rings. The first-order valence-electron chi connectivity index (χ1n) is 4.88. The predicted octanol–water partition coefficient (Wildman–Crippen LogP) is 1.78. The lowest BCUT2D eigenvalue weighted by molar-refractivity contribution is 0.444. The van der Waals surface area contributed by atoms with Crippen molar-refractivity contribution in [2.45, 2.75) is 38.1 Å². The van der Waals surface area contributed by atoms with Crippen molar-refractivity contribution in [1.82, 2.24) is 0 Å². The minimum atomic E-state index is 0.519. The second-order valence-electron chi connectivity index (χ2n) is 3.60. The Morgan fingerprint density at radius 3 is 2.69 bits per heavy atom. The highest BCUT2D eigenvalue weighted by atomic mass is 32.2. The van der Waals surface area contributed by atoms with Gasteiger partial charge >= 0.3 is 0 Å². The van der Waals surface area contributed by atoms with Gasteiger partial charge < -0.3 is 5.73 Å². The molecule has 3 nitrogen and oxygen atoms in total. The topological polar surface area (TPSA) is 50.7 Å². The van der Waals surface area contributed by atoms with E-state index in [0.29, 0.717) is 6.04 Å². The summed E-state index contributed by atoms with van der Waals surface area (Å²) in [7, 11) is 0. The SMILES string of the molecule is NC1=NC(=NC2CCCCC2)SC1. The molecule has 0 atom stereocenters. The van der Waals surface area contributed by atoms with E-state index < -0.39 is 0 Å². The smallest absolute Gasteiger partial charge is 0.185 e. The Kier molecular flexibility index (Phi) is 2.88. The van der Waals surface area contributed by atoms with Crippen LogP contribution in [0.25, 0.3) is 0 Å². The number of thioether (sulfide) groups is 1. The molecule has 4 heteroatoms. The molecule has 0 aromatic rings. The minimum absolute atomic E-state index is 0.519. The first-order chi connectivity index (χ1) is 6.34. The number of rotatable bonds is 1. The van der Waals surface area contributed by atoms with Gasteiger partial charge in [-0.05, 0) is 12.8 Å². The van der Waals surface area contributed by atoms with Crippen molar-refractivity contribution >= 4 is 22.8 Å². The zero-order chi connectivity index (χ0) is 9.10. The van der Waals surface area contributed by atoms with Crippen LogP contribution in [0.5, 0.6) is 0 Å². The molecule has 2 aliphatic rings. The van der Waals surface area contributed by atoms with E-state index in [1.807, 2.05) is 0 Å². The minimum Gasteiger partial charge on any atom is -0.386 e. The van der Waals surface area contributed by atoms with E-state index >= 15 is 0 Å². The first-order valence-corrected chi connectivity index (χ1v) is 5.87. The average molecular weight is 197 g/mol. The Bertz CT molecular complexity index is 241. The van der Waals surface area contributed by atoms with E-state index in [1.54, 1.807) is 11.8 Å². The van der Waals surface area contributed by atoms with E-state index in [-0.39, 0.29) is 0 Å². The van der Waals surface area contributed by atoms with Gasteiger partial charge in [-0.1, -0.05) is 31.0 Å². The second kappa shape index (κ2) is 4.13. The normalized spacial score (nSPS) is 28.0. The summed E-state index contributed by atoms with van der Waals surface area (Å²) in [5.74, 6) is 1.55. The van der Waals surface area contributed by atoms with Crippen LogP contribution in [0.3, 0.4) is 0 Å². The molecule has 1 aliphatic carbocycles. The molecular weight excluding hydrogens is 182 g/mol. The van der Waals surface area contributed by atoms with Gasteiger partial charge in [-0.3, -0.25) is 4.99 Å². The fraction of sp³-hybridized carbons (Fsp3) is 0.778. The van der Waals surface area contributed by atoms with E-state index in [9.17, 15) is 0 Å². The molecule has 1 aliphatic heterocycles. The number of amidine groups is 2.